The summed E-state index contributed by atoms with van der Waals surface area (Å²) in [5, 5.41) is 9.26. The second-order valence-electron chi connectivity index (χ2n) is 5.79. The molecule has 1 aromatic carbocycles. The molecule has 0 saturated carbocycles. The normalized spacial score (nSPS) is 11.9. The number of fused-ring (bicyclic) bond motifs is 1. The number of nitrogens with one attached hydrogen (secondary N) is 1. The molecule has 2 aromatic rings. The standard InChI is InChI=1S/C15H21N3O/c1-15(2,3)16-9-6-10-18-14(19)13-8-5-4-7-12(13)11-17-18/h4-5,7-8,11,16H,6,9-10H2,1-3H3. The van der Waals surface area contributed by atoms with E-state index >= 15 is 0 Å². The highest BCUT2D eigenvalue weighted by Crippen LogP contribution is 2.06. The van der Waals surface area contributed by atoms with Crippen LogP contribution in [0.15, 0.2) is 35.3 Å². The summed E-state index contributed by atoms with van der Waals surface area (Å²) in [5.41, 5.74) is 0.107. The Morgan fingerprint density at radius 3 is 2.74 bits per heavy atom. The van der Waals surface area contributed by atoms with Crippen LogP contribution in [-0.2, 0) is 6.54 Å². The zero-order valence-corrected chi connectivity index (χ0v) is 11.8. The van der Waals surface area contributed by atoms with E-state index in [9.17, 15) is 4.79 Å². The molecule has 4 nitrogen and oxygen atoms in total. The lowest BCUT2D eigenvalue weighted by molar-refractivity contribution is 0.407. The van der Waals surface area contributed by atoms with Crippen LogP contribution >= 0.6 is 0 Å². The molecule has 0 bridgehead atoms. The Morgan fingerprint density at radius 1 is 1.26 bits per heavy atom. The van der Waals surface area contributed by atoms with Gasteiger partial charge in [0.2, 0.25) is 0 Å². The van der Waals surface area contributed by atoms with Gasteiger partial charge in [0.05, 0.1) is 11.6 Å². The van der Waals surface area contributed by atoms with Gasteiger partial charge in [-0.1, -0.05) is 18.2 Å². The second kappa shape index (κ2) is 5.53. The summed E-state index contributed by atoms with van der Waals surface area (Å²) in [6.07, 6.45) is 2.65. The van der Waals surface area contributed by atoms with E-state index in [0.717, 1.165) is 23.7 Å². The van der Waals surface area contributed by atoms with Gasteiger partial charge in [0.25, 0.3) is 5.56 Å². The lowest BCUT2D eigenvalue weighted by Crippen LogP contribution is -2.37. The fourth-order valence-corrected chi connectivity index (χ4v) is 1.98. The summed E-state index contributed by atoms with van der Waals surface area (Å²) in [7, 11) is 0. The number of benzene rings is 1. The number of rotatable bonds is 4. The first-order chi connectivity index (χ1) is 8.97. The molecule has 0 aliphatic heterocycles. The topological polar surface area (TPSA) is 46.9 Å². The Kier molecular flexibility index (Phi) is 4.00. The summed E-state index contributed by atoms with van der Waals surface area (Å²) in [4.78, 5) is 12.2. The van der Waals surface area contributed by atoms with Crippen LogP contribution in [0, 0.1) is 0 Å². The van der Waals surface area contributed by atoms with E-state index in [1.807, 2.05) is 24.3 Å². The van der Waals surface area contributed by atoms with Crippen LogP contribution in [0.3, 0.4) is 0 Å². The van der Waals surface area contributed by atoms with Gasteiger partial charge in [0.1, 0.15) is 0 Å². The molecule has 0 fully saturated rings. The lowest BCUT2D eigenvalue weighted by Gasteiger charge is -2.20. The molecule has 0 amide bonds. The molecule has 1 N–H and O–H groups in total. The molecule has 4 heteroatoms. The summed E-state index contributed by atoms with van der Waals surface area (Å²) in [5.74, 6) is 0. The zero-order valence-electron chi connectivity index (χ0n) is 11.8. The number of hydrogen-bond donors (Lipinski definition) is 1. The molecular weight excluding hydrogens is 238 g/mol. The maximum absolute atomic E-state index is 12.2. The summed E-state index contributed by atoms with van der Waals surface area (Å²) >= 11 is 0. The molecule has 0 saturated heterocycles. The van der Waals surface area contributed by atoms with Crippen molar-refractivity contribution in [2.24, 2.45) is 0 Å². The van der Waals surface area contributed by atoms with Gasteiger partial charge in [-0.2, -0.15) is 5.10 Å². The van der Waals surface area contributed by atoms with E-state index in [-0.39, 0.29) is 11.1 Å². The predicted octanol–water partition coefficient (Wildman–Crippen LogP) is 2.17. The van der Waals surface area contributed by atoms with Crippen molar-refractivity contribution in [3.63, 3.8) is 0 Å². The van der Waals surface area contributed by atoms with Gasteiger partial charge < -0.3 is 5.32 Å². The third-order valence-electron chi connectivity index (χ3n) is 2.96. The number of nitrogens with zero attached hydrogens (tertiary/aromatic N) is 2. The van der Waals surface area contributed by atoms with Crippen LogP contribution < -0.4 is 10.9 Å². The van der Waals surface area contributed by atoms with Crippen molar-refractivity contribution in [2.75, 3.05) is 6.54 Å². The van der Waals surface area contributed by atoms with Crippen LogP contribution in [0.1, 0.15) is 27.2 Å². The van der Waals surface area contributed by atoms with E-state index in [2.05, 4.69) is 31.2 Å². The van der Waals surface area contributed by atoms with Gasteiger partial charge in [-0.05, 0) is 39.8 Å². The first-order valence-corrected chi connectivity index (χ1v) is 6.67. The fraction of sp³-hybridized carbons (Fsp3) is 0.467. The molecule has 1 heterocycles. The molecule has 2 rings (SSSR count). The van der Waals surface area contributed by atoms with E-state index in [1.165, 1.54) is 0 Å². The van der Waals surface area contributed by atoms with Gasteiger partial charge in [-0.25, -0.2) is 4.68 Å². The highest BCUT2D eigenvalue weighted by Gasteiger charge is 2.08. The van der Waals surface area contributed by atoms with E-state index in [4.69, 9.17) is 0 Å². The first-order valence-electron chi connectivity index (χ1n) is 6.67. The highest BCUT2D eigenvalue weighted by molar-refractivity contribution is 5.80. The van der Waals surface area contributed by atoms with Gasteiger partial charge in [0, 0.05) is 17.5 Å². The Hall–Kier alpha value is -1.68. The SMILES string of the molecule is CC(C)(C)NCCCn1ncc2ccccc2c1=O. The van der Waals surface area contributed by atoms with Crippen molar-refractivity contribution in [1.29, 1.82) is 0 Å². The van der Waals surface area contributed by atoms with Crippen LogP contribution in [0.2, 0.25) is 0 Å². The summed E-state index contributed by atoms with van der Waals surface area (Å²) < 4.78 is 1.55. The minimum atomic E-state index is -0.00569. The summed E-state index contributed by atoms with van der Waals surface area (Å²) in [6, 6.07) is 7.56. The average Bonchev–Trinajstić information content (AvgIpc) is 2.36. The minimum Gasteiger partial charge on any atom is -0.312 e. The second-order valence-corrected chi connectivity index (χ2v) is 5.79. The Morgan fingerprint density at radius 2 is 2.00 bits per heavy atom. The third kappa shape index (κ3) is 3.64. The zero-order chi connectivity index (χ0) is 13.9. The molecule has 0 aliphatic carbocycles. The largest absolute Gasteiger partial charge is 0.312 e. The van der Waals surface area contributed by atoms with E-state index in [0.29, 0.717) is 6.54 Å². The molecule has 0 atom stereocenters. The monoisotopic (exact) mass is 259 g/mol. The van der Waals surface area contributed by atoms with Crippen LogP contribution in [0.25, 0.3) is 10.8 Å². The molecule has 0 radical (unpaired) electrons. The number of aryl methyl sites for hydroxylation is 1. The van der Waals surface area contributed by atoms with Crippen LogP contribution in [-0.4, -0.2) is 21.9 Å². The predicted molar refractivity (Wildman–Crippen MR) is 78.4 cm³/mol. The van der Waals surface area contributed by atoms with Crippen molar-refractivity contribution in [3.8, 4) is 0 Å². The van der Waals surface area contributed by atoms with Gasteiger partial charge >= 0.3 is 0 Å². The Bertz CT molecular complexity index is 611. The van der Waals surface area contributed by atoms with Crippen molar-refractivity contribution in [1.82, 2.24) is 15.1 Å². The van der Waals surface area contributed by atoms with Gasteiger partial charge in [-0.3, -0.25) is 4.79 Å². The fourth-order valence-electron chi connectivity index (χ4n) is 1.98. The number of aromatic nitrogens is 2. The molecule has 0 spiro atoms. The smallest absolute Gasteiger partial charge is 0.274 e. The molecule has 102 valence electrons. The van der Waals surface area contributed by atoms with Crippen LogP contribution in [0.4, 0.5) is 0 Å². The quantitative estimate of drug-likeness (QED) is 0.856. The first kappa shape index (κ1) is 13.7. The van der Waals surface area contributed by atoms with Crippen molar-refractivity contribution in [3.05, 3.63) is 40.8 Å². The van der Waals surface area contributed by atoms with Gasteiger partial charge in [0.15, 0.2) is 0 Å². The maximum atomic E-state index is 12.2. The van der Waals surface area contributed by atoms with Crippen molar-refractivity contribution < 1.29 is 0 Å². The Labute approximate surface area is 113 Å². The molecule has 19 heavy (non-hydrogen) atoms. The minimum absolute atomic E-state index is 0.00569. The van der Waals surface area contributed by atoms with Gasteiger partial charge in [-0.15, -0.1) is 0 Å². The highest BCUT2D eigenvalue weighted by atomic mass is 16.1. The number of hydrogen-bond acceptors (Lipinski definition) is 3. The van der Waals surface area contributed by atoms with E-state index < -0.39 is 0 Å². The molecule has 0 unspecified atom stereocenters. The maximum Gasteiger partial charge on any atom is 0.274 e. The van der Waals surface area contributed by atoms with Crippen LogP contribution in [0.5, 0.6) is 0 Å². The third-order valence-corrected chi connectivity index (χ3v) is 2.96. The summed E-state index contributed by atoms with van der Waals surface area (Å²) in [6.45, 7) is 7.92. The molecular formula is C15H21N3O. The average molecular weight is 259 g/mol. The lowest BCUT2D eigenvalue weighted by atomic mass is 10.1. The Balaban J connectivity index is 2.06. The van der Waals surface area contributed by atoms with Crippen molar-refractivity contribution in [2.45, 2.75) is 39.3 Å². The van der Waals surface area contributed by atoms with E-state index in [1.54, 1.807) is 10.9 Å². The molecule has 0 aliphatic rings. The van der Waals surface area contributed by atoms with Crippen molar-refractivity contribution >= 4 is 10.8 Å². The molecule has 1 aromatic heterocycles.